The minimum Gasteiger partial charge on any atom is -0.349 e. The number of halogens is 1. The molecule has 1 fully saturated rings. The number of anilines is 1. The van der Waals surface area contributed by atoms with Crippen molar-refractivity contribution in [3.8, 4) is 11.4 Å². The van der Waals surface area contributed by atoms with E-state index in [4.69, 9.17) is 11.6 Å². The zero-order valence-corrected chi connectivity index (χ0v) is 15.1. The molecule has 7 heteroatoms. The van der Waals surface area contributed by atoms with Gasteiger partial charge in [-0.2, -0.15) is 0 Å². The molecule has 26 heavy (non-hydrogen) atoms. The highest BCUT2D eigenvalue weighted by Crippen LogP contribution is 2.30. The van der Waals surface area contributed by atoms with Gasteiger partial charge in [0.05, 0.1) is 22.6 Å². The normalized spacial score (nSPS) is 14.9. The largest absolute Gasteiger partial charge is 0.349 e. The van der Waals surface area contributed by atoms with Gasteiger partial charge in [-0.15, -0.1) is 0 Å². The van der Waals surface area contributed by atoms with E-state index in [1.807, 2.05) is 30.3 Å². The van der Waals surface area contributed by atoms with Crippen LogP contribution in [0.4, 0.5) is 5.82 Å². The Labute approximate surface area is 156 Å². The molecule has 1 aromatic carbocycles. The zero-order valence-electron chi connectivity index (χ0n) is 14.4. The fourth-order valence-corrected chi connectivity index (χ4v) is 3.39. The van der Waals surface area contributed by atoms with Crippen molar-refractivity contribution in [1.82, 2.24) is 19.9 Å². The standard InChI is InChI=1S/C19H18ClN5O/c1-12-11-24(7-8-25(12)13(2)26)18-9-14(15(20)10-21-18)19-22-16-5-3-4-6-17(16)23-19/h3-6,9-10H,1,7-8,11H2,2H3,(H,22,23). The third-order valence-electron chi connectivity index (χ3n) is 4.54. The molecular formula is C19H18ClN5O. The van der Waals surface area contributed by atoms with Gasteiger partial charge in [-0.3, -0.25) is 4.79 Å². The summed E-state index contributed by atoms with van der Waals surface area (Å²) in [6.45, 7) is 7.40. The summed E-state index contributed by atoms with van der Waals surface area (Å²) >= 11 is 6.38. The van der Waals surface area contributed by atoms with E-state index in [0.29, 0.717) is 30.5 Å². The highest BCUT2D eigenvalue weighted by atomic mass is 35.5. The number of amides is 1. The number of piperazine rings is 1. The summed E-state index contributed by atoms with van der Waals surface area (Å²) in [4.78, 5) is 27.8. The van der Waals surface area contributed by atoms with E-state index in [1.54, 1.807) is 18.0 Å². The second-order valence-electron chi connectivity index (χ2n) is 6.28. The molecule has 0 atom stereocenters. The average molecular weight is 368 g/mol. The Kier molecular flexibility index (Phi) is 4.12. The van der Waals surface area contributed by atoms with E-state index in [-0.39, 0.29) is 5.91 Å². The number of pyridine rings is 1. The maximum absolute atomic E-state index is 11.6. The first kappa shape index (κ1) is 16.6. The number of H-pyrrole nitrogens is 1. The van der Waals surface area contributed by atoms with Gasteiger partial charge in [-0.25, -0.2) is 9.97 Å². The lowest BCUT2D eigenvalue weighted by molar-refractivity contribution is -0.127. The van der Waals surface area contributed by atoms with Gasteiger partial charge in [0.15, 0.2) is 0 Å². The summed E-state index contributed by atoms with van der Waals surface area (Å²) in [7, 11) is 0. The summed E-state index contributed by atoms with van der Waals surface area (Å²) in [5.41, 5.74) is 3.42. The topological polar surface area (TPSA) is 65.1 Å². The number of aromatic nitrogens is 3. The molecule has 1 N–H and O–H groups in total. The second-order valence-corrected chi connectivity index (χ2v) is 6.69. The summed E-state index contributed by atoms with van der Waals surface area (Å²) in [5, 5.41) is 0.536. The number of rotatable bonds is 2. The van der Waals surface area contributed by atoms with Crippen LogP contribution in [-0.4, -0.2) is 45.4 Å². The molecule has 0 spiro atoms. The first-order chi connectivity index (χ1) is 12.5. The minimum absolute atomic E-state index is 0.0154. The third kappa shape index (κ3) is 2.93. The van der Waals surface area contributed by atoms with Crippen molar-refractivity contribution < 1.29 is 4.79 Å². The van der Waals surface area contributed by atoms with E-state index in [0.717, 1.165) is 28.1 Å². The Morgan fingerprint density at radius 1 is 1.31 bits per heavy atom. The van der Waals surface area contributed by atoms with Gasteiger partial charge in [0.25, 0.3) is 0 Å². The van der Waals surface area contributed by atoms with Crippen molar-refractivity contribution >= 4 is 34.4 Å². The maximum atomic E-state index is 11.6. The van der Waals surface area contributed by atoms with Gasteiger partial charge in [0, 0.05) is 37.5 Å². The summed E-state index contributed by atoms with van der Waals surface area (Å²) in [6, 6.07) is 9.77. The van der Waals surface area contributed by atoms with Gasteiger partial charge in [0.2, 0.25) is 5.91 Å². The Morgan fingerprint density at radius 2 is 2.12 bits per heavy atom. The van der Waals surface area contributed by atoms with Crippen molar-refractivity contribution in [3.63, 3.8) is 0 Å². The fraction of sp³-hybridized carbons (Fsp3) is 0.211. The lowest BCUT2D eigenvalue weighted by Crippen LogP contribution is -2.46. The number of para-hydroxylation sites is 2. The van der Waals surface area contributed by atoms with Crippen LogP contribution in [0, 0.1) is 0 Å². The molecule has 3 aromatic rings. The van der Waals surface area contributed by atoms with Crippen molar-refractivity contribution in [3.05, 3.63) is 53.8 Å². The fourth-order valence-electron chi connectivity index (χ4n) is 3.20. The lowest BCUT2D eigenvalue weighted by atomic mass is 10.2. The number of imidazole rings is 1. The summed E-state index contributed by atoms with van der Waals surface area (Å²) in [6.07, 6.45) is 1.64. The van der Waals surface area contributed by atoms with Gasteiger partial charge in [-0.1, -0.05) is 30.3 Å². The maximum Gasteiger partial charge on any atom is 0.223 e. The molecule has 1 aliphatic rings. The Morgan fingerprint density at radius 3 is 2.85 bits per heavy atom. The number of fused-ring (bicyclic) bond motifs is 1. The van der Waals surface area contributed by atoms with E-state index < -0.39 is 0 Å². The van der Waals surface area contributed by atoms with Crippen molar-refractivity contribution in [2.24, 2.45) is 0 Å². The van der Waals surface area contributed by atoms with E-state index in [2.05, 4.69) is 26.4 Å². The highest BCUT2D eigenvalue weighted by molar-refractivity contribution is 6.33. The number of aromatic amines is 1. The molecular weight excluding hydrogens is 350 g/mol. The molecule has 0 unspecified atom stereocenters. The van der Waals surface area contributed by atoms with Crippen LogP contribution in [0.15, 0.2) is 48.8 Å². The third-order valence-corrected chi connectivity index (χ3v) is 4.84. The van der Waals surface area contributed by atoms with Crippen molar-refractivity contribution in [2.75, 3.05) is 24.5 Å². The van der Waals surface area contributed by atoms with Crippen LogP contribution in [0.2, 0.25) is 5.02 Å². The molecule has 2 aromatic heterocycles. The molecule has 4 rings (SSSR count). The van der Waals surface area contributed by atoms with Gasteiger partial charge in [0.1, 0.15) is 11.6 Å². The minimum atomic E-state index is 0.0154. The van der Waals surface area contributed by atoms with Crippen LogP contribution in [0.1, 0.15) is 6.92 Å². The van der Waals surface area contributed by atoms with Crippen molar-refractivity contribution in [1.29, 1.82) is 0 Å². The predicted molar refractivity (Wildman–Crippen MR) is 103 cm³/mol. The van der Waals surface area contributed by atoms with E-state index in [9.17, 15) is 4.79 Å². The van der Waals surface area contributed by atoms with E-state index in [1.165, 1.54) is 0 Å². The number of hydrogen-bond acceptors (Lipinski definition) is 4. The lowest BCUT2D eigenvalue weighted by Gasteiger charge is -2.36. The smallest absolute Gasteiger partial charge is 0.223 e. The van der Waals surface area contributed by atoms with Gasteiger partial charge in [-0.05, 0) is 18.2 Å². The first-order valence-electron chi connectivity index (χ1n) is 8.34. The average Bonchev–Trinajstić information content (AvgIpc) is 3.05. The number of nitrogens with one attached hydrogen (secondary N) is 1. The van der Waals surface area contributed by atoms with Gasteiger partial charge >= 0.3 is 0 Å². The molecule has 3 heterocycles. The molecule has 0 radical (unpaired) electrons. The molecule has 0 bridgehead atoms. The quantitative estimate of drug-likeness (QED) is 0.753. The molecule has 1 amide bonds. The molecule has 6 nitrogen and oxygen atoms in total. The van der Waals surface area contributed by atoms with Crippen LogP contribution in [0.3, 0.4) is 0 Å². The van der Waals surface area contributed by atoms with Crippen LogP contribution >= 0.6 is 11.6 Å². The second kappa shape index (κ2) is 6.46. The molecule has 0 saturated carbocycles. The number of hydrogen-bond donors (Lipinski definition) is 1. The van der Waals surface area contributed by atoms with Crippen LogP contribution in [0.25, 0.3) is 22.4 Å². The zero-order chi connectivity index (χ0) is 18.3. The van der Waals surface area contributed by atoms with Crippen LogP contribution in [0.5, 0.6) is 0 Å². The monoisotopic (exact) mass is 367 g/mol. The number of benzene rings is 1. The predicted octanol–water partition coefficient (Wildman–Crippen LogP) is 3.46. The first-order valence-corrected chi connectivity index (χ1v) is 8.72. The number of nitrogens with zero attached hydrogens (tertiary/aromatic N) is 4. The van der Waals surface area contributed by atoms with Crippen LogP contribution in [-0.2, 0) is 4.79 Å². The summed E-state index contributed by atoms with van der Waals surface area (Å²) < 4.78 is 0. The molecule has 1 saturated heterocycles. The van der Waals surface area contributed by atoms with E-state index >= 15 is 0 Å². The Balaban J connectivity index is 1.66. The Bertz CT molecular complexity index is 979. The van der Waals surface area contributed by atoms with Gasteiger partial charge < -0.3 is 14.8 Å². The molecule has 1 aliphatic heterocycles. The molecule has 132 valence electrons. The highest BCUT2D eigenvalue weighted by Gasteiger charge is 2.24. The summed E-state index contributed by atoms with van der Waals surface area (Å²) in [5.74, 6) is 1.51. The van der Waals surface area contributed by atoms with Crippen molar-refractivity contribution in [2.45, 2.75) is 6.92 Å². The number of carbonyl (C=O) groups is 1. The number of carbonyl (C=O) groups excluding carboxylic acids is 1. The Hall–Kier alpha value is -2.86. The SMILES string of the molecule is C=C1CN(c2cc(-c3nc4ccccc4[nH]3)c(Cl)cn2)CCN1C(C)=O. The molecule has 0 aliphatic carbocycles. The van der Waals surface area contributed by atoms with Crippen LogP contribution < -0.4 is 4.90 Å².